The number of aromatic nitrogens is 3. The molecule has 0 bridgehead atoms. The molecule has 6 rings (SSSR count). The minimum atomic E-state index is -0.472. The average Bonchev–Trinajstić information content (AvgIpc) is 3.56. The first-order chi connectivity index (χ1) is 19.4. The molecule has 3 aromatic rings. The van der Waals surface area contributed by atoms with Crippen molar-refractivity contribution in [2.24, 2.45) is 10.4 Å². The second kappa shape index (κ2) is 10.1. The minimum Gasteiger partial charge on any atom is -0.444 e. The molecule has 3 aliphatic rings. The predicted octanol–water partition coefficient (Wildman–Crippen LogP) is 7.05. The summed E-state index contributed by atoms with van der Waals surface area (Å²) < 4.78 is 7.79. The van der Waals surface area contributed by atoms with E-state index in [1.54, 1.807) is 11.3 Å². The zero-order valence-corrected chi connectivity index (χ0v) is 26.6. The van der Waals surface area contributed by atoms with Crippen molar-refractivity contribution in [2.45, 2.75) is 79.4 Å². The minimum absolute atomic E-state index is 0.131. The van der Waals surface area contributed by atoms with Gasteiger partial charge >= 0.3 is 6.09 Å². The third kappa shape index (κ3) is 5.05. The molecule has 5 heterocycles. The van der Waals surface area contributed by atoms with Gasteiger partial charge in [0.25, 0.3) is 0 Å². The van der Waals surface area contributed by atoms with Gasteiger partial charge in [0.05, 0.1) is 16.4 Å². The van der Waals surface area contributed by atoms with E-state index in [0.29, 0.717) is 0 Å². The Hall–Kier alpha value is -2.91. The highest BCUT2D eigenvalue weighted by molar-refractivity contribution is 7.15. The highest BCUT2D eigenvalue weighted by Gasteiger charge is 2.43. The van der Waals surface area contributed by atoms with Crippen molar-refractivity contribution < 1.29 is 9.53 Å². The number of ether oxygens (including phenoxy) is 1. The monoisotopic (exact) mass is 594 g/mol. The number of aryl methyl sites for hydroxylation is 2. The van der Waals surface area contributed by atoms with Gasteiger partial charge in [0.1, 0.15) is 22.5 Å². The van der Waals surface area contributed by atoms with Crippen molar-refractivity contribution in [2.75, 3.05) is 31.1 Å². The van der Waals surface area contributed by atoms with Gasteiger partial charge in [0.2, 0.25) is 0 Å². The second-order valence-electron chi connectivity index (χ2n) is 12.9. The number of hydrogen-bond donors (Lipinski definition) is 0. The van der Waals surface area contributed by atoms with Crippen molar-refractivity contribution in [3.05, 3.63) is 56.4 Å². The Morgan fingerprint density at radius 1 is 1.10 bits per heavy atom. The van der Waals surface area contributed by atoms with Crippen LogP contribution < -0.4 is 4.90 Å². The molecule has 218 valence electrons. The predicted molar refractivity (Wildman–Crippen MR) is 165 cm³/mol. The van der Waals surface area contributed by atoms with Crippen molar-refractivity contribution in [3.63, 3.8) is 0 Å². The normalized spacial score (nSPS) is 20.1. The smallest absolute Gasteiger partial charge is 0.410 e. The number of rotatable bonds is 2. The molecule has 0 unspecified atom stereocenters. The zero-order valence-electron chi connectivity index (χ0n) is 25.0. The summed E-state index contributed by atoms with van der Waals surface area (Å²) >= 11 is 8.77. The number of amides is 1. The molecule has 1 atom stereocenters. The highest BCUT2D eigenvalue weighted by atomic mass is 35.5. The van der Waals surface area contributed by atoms with Crippen LogP contribution in [0.15, 0.2) is 23.2 Å². The molecule has 2 saturated heterocycles. The Morgan fingerprint density at radius 3 is 2.49 bits per heavy atom. The SMILES string of the molecule is Cc1sc2c(c1C)C(c1ccc(N3CCC4(CCN(C(=O)OC(C)(C)C)C4)CC3)c(Cl)c1)=N[C@@H](C)c1nnc(C)n1-2. The zero-order chi connectivity index (χ0) is 29.3. The molecule has 41 heavy (non-hydrogen) atoms. The Balaban J connectivity index is 1.22. The van der Waals surface area contributed by atoms with E-state index >= 15 is 0 Å². The molecule has 1 aromatic carbocycles. The molecule has 1 amide bonds. The topological polar surface area (TPSA) is 75.8 Å². The van der Waals surface area contributed by atoms with Crippen LogP contribution >= 0.6 is 22.9 Å². The number of likely N-dealkylation sites (tertiary alicyclic amines) is 1. The third-order valence-electron chi connectivity index (χ3n) is 8.83. The number of piperidine rings is 1. The number of aliphatic imine (C=N–C) groups is 1. The summed E-state index contributed by atoms with van der Waals surface area (Å²) in [5, 5.41) is 10.7. The van der Waals surface area contributed by atoms with Crippen LogP contribution in [0.5, 0.6) is 0 Å². The molecule has 2 fully saturated rings. The molecule has 0 radical (unpaired) electrons. The number of fused-ring (bicyclic) bond motifs is 3. The number of benzene rings is 1. The van der Waals surface area contributed by atoms with Gasteiger partial charge in [0, 0.05) is 42.2 Å². The summed E-state index contributed by atoms with van der Waals surface area (Å²) in [6.07, 6.45) is 2.90. The van der Waals surface area contributed by atoms with Gasteiger partial charge in [-0.2, -0.15) is 0 Å². The molecule has 8 nitrogen and oxygen atoms in total. The fourth-order valence-corrected chi connectivity index (χ4v) is 7.95. The van der Waals surface area contributed by atoms with E-state index in [-0.39, 0.29) is 17.6 Å². The maximum atomic E-state index is 12.6. The van der Waals surface area contributed by atoms with E-state index in [1.807, 2.05) is 32.6 Å². The van der Waals surface area contributed by atoms with Gasteiger partial charge in [-0.1, -0.05) is 17.7 Å². The lowest BCUT2D eigenvalue weighted by atomic mass is 9.77. The van der Waals surface area contributed by atoms with Crippen molar-refractivity contribution in [1.29, 1.82) is 0 Å². The largest absolute Gasteiger partial charge is 0.444 e. The van der Waals surface area contributed by atoms with Crippen molar-refractivity contribution >= 4 is 40.4 Å². The third-order valence-corrected chi connectivity index (χ3v) is 10.3. The Kier molecular flexibility index (Phi) is 6.97. The highest BCUT2D eigenvalue weighted by Crippen LogP contribution is 2.44. The van der Waals surface area contributed by atoms with Gasteiger partial charge in [-0.05, 0) is 90.8 Å². The van der Waals surface area contributed by atoms with Gasteiger partial charge in [0.15, 0.2) is 5.82 Å². The Morgan fingerprint density at radius 2 is 1.80 bits per heavy atom. The second-order valence-corrected chi connectivity index (χ2v) is 14.5. The van der Waals surface area contributed by atoms with E-state index < -0.39 is 5.60 Å². The molecule has 3 aliphatic heterocycles. The van der Waals surface area contributed by atoms with Crippen LogP contribution in [0.2, 0.25) is 5.02 Å². The summed E-state index contributed by atoms with van der Waals surface area (Å²) in [4.78, 5) is 23.4. The number of nitrogens with zero attached hydrogens (tertiary/aromatic N) is 6. The first-order valence-electron chi connectivity index (χ1n) is 14.5. The van der Waals surface area contributed by atoms with Crippen molar-refractivity contribution in [1.82, 2.24) is 19.7 Å². The lowest BCUT2D eigenvalue weighted by Gasteiger charge is -2.40. The van der Waals surface area contributed by atoms with E-state index in [0.717, 1.165) is 89.6 Å². The van der Waals surface area contributed by atoms with Gasteiger partial charge in [-0.15, -0.1) is 21.5 Å². The molecule has 0 aliphatic carbocycles. The lowest BCUT2D eigenvalue weighted by Crippen LogP contribution is -2.43. The van der Waals surface area contributed by atoms with Crippen LogP contribution in [-0.2, 0) is 4.74 Å². The van der Waals surface area contributed by atoms with Crippen LogP contribution in [0.3, 0.4) is 0 Å². The maximum Gasteiger partial charge on any atom is 0.410 e. The molecule has 1 spiro atoms. The Labute approximate surface area is 251 Å². The van der Waals surface area contributed by atoms with Crippen LogP contribution in [0, 0.1) is 26.2 Å². The van der Waals surface area contributed by atoms with Crippen LogP contribution in [-0.4, -0.2) is 63.2 Å². The fourth-order valence-electron chi connectivity index (χ4n) is 6.44. The first-order valence-corrected chi connectivity index (χ1v) is 15.7. The molecular formula is C31H39ClN6O2S. The number of anilines is 1. The van der Waals surface area contributed by atoms with E-state index in [1.165, 1.54) is 10.4 Å². The molecule has 10 heteroatoms. The summed E-state index contributed by atoms with van der Waals surface area (Å²) in [6, 6.07) is 6.25. The van der Waals surface area contributed by atoms with Gasteiger partial charge < -0.3 is 14.5 Å². The van der Waals surface area contributed by atoms with Gasteiger partial charge in [-0.25, -0.2) is 4.79 Å². The summed E-state index contributed by atoms with van der Waals surface area (Å²) in [6.45, 7) is 17.5. The maximum absolute atomic E-state index is 12.6. The average molecular weight is 595 g/mol. The summed E-state index contributed by atoms with van der Waals surface area (Å²) in [5.74, 6) is 1.74. The van der Waals surface area contributed by atoms with Crippen molar-refractivity contribution in [3.8, 4) is 5.00 Å². The molecule has 0 saturated carbocycles. The van der Waals surface area contributed by atoms with Crippen LogP contribution in [0.25, 0.3) is 5.00 Å². The van der Waals surface area contributed by atoms with Crippen LogP contribution in [0.1, 0.15) is 86.2 Å². The molecule has 0 N–H and O–H groups in total. The summed E-state index contributed by atoms with van der Waals surface area (Å²) in [5.41, 5.74) is 5.09. The standard InChI is InChI=1S/C31H39ClN6O2S/c1-18-20(3)41-28-25(18)26(33-19(2)27-35-34-21(4)38(27)28)22-8-9-24(23(32)16-22)36-13-10-31(11-14-36)12-15-37(17-31)29(39)40-30(5,6)7/h8-9,16,19H,10-15,17H2,1-7H3/t19-/m0/s1. The van der Waals surface area contributed by atoms with E-state index in [4.69, 9.17) is 21.3 Å². The molecule has 2 aromatic heterocycles. The van der Waals surface area contributed by atoms with Crippen LogP contribution in [0.4, 0.5) is 10.5 Å². The summed E-state index contributed by atoms with van der Waals surface area (Å²) in [7, 11) is 0. The number of halogens is 1. The lowest BCUT2D eigenvalue weighted by molar-refractivity contribution is 0.0266. The quantitative estimate of drug-likeness (QED) is 0.318. The fraction of sp³-hybridized carbons (Fsp3) is 0.548. The number of hydrogen-bond acceptors (Lipinski definition) is 7. The number of carbonyl (C=O) groups is 1. The number of thiophene rings is 1. The van der Waals surface area contributed by atoms with E-state index in [9.17, 15) is 4.79 Å². The van der Waals surface area contributed by atoms with E-state index in [2.05, 4.69) is 58.6 Å². The number of carbonyl (C=O) groups excluding carboxylic acids is 1. The van der Waals surface area contributed by atoms with Gasteiger partial charge in [-0.3, -0.25) is 9.56 Å². The molecular weight excluding hydrogens is 556 g/mol. The Bertz CT molecular complexity index is 1540. The first kappa shape index (κ1) is 28.2.